The van der Waals surface area contributed by atoms with Crippen molar-refractivity contribution in [2.24, 2.45) is 0 Å². The van der Waals surface area contributed by atoms with E-state index in [1.54, 1.807) is 0 Å². The summed E-state index contributed by atoms with van der Waals surface area (Å²) >= 11 is -2.12. The molecule has 0 saturated carbocycles. The molecule has 0 atom stereocenters. The van der Waals surface area contributed by atoms with E-state index in [0.717, 1.165) is 12.8 Å². The van der Waals surface area contributed by atoms with Crippen molar-refractivity contribution in [1.29, 1.82) is 0 Å². The lowest BCUT2D eigenvalue weighted by atomic mass is 10.2. The summed E-state index contributed by atoms with van der Waals surface area (Å²) in [6, 6.07) is 20.3. The predicted octanol–water partition coefficient (Wildman–Crippen LogP) is 1.78. The number of benzene rings is 2. The Morgan fingerprint density at radius 1 is 0.864 bits per heavy atom. The van der Waals surface area contributed by atoms with Gasteiger partial charge >= 0.3 is 26.2 Å². The van der Waals surface area contributed by atoms with Crippen LogP contribution < -0.4 is 20.2 Å². The van der Waals surface area contributed by atoms with Crippen molar-refractivity contribution < 1.29 is 28.1 Å². The normalized spacial score (nSPS) is 10.6. The Bertz CT molecular complexity index is 515. The Hall–Kier alpha value is -1.36. The third-order valence-electron chi connectivity index (χ3n) is 3.26. The number of carbonyl (C=O) groups is 1. The molecule has 0 heterocycles. The lowest BCUT2D eigenvalue weighted by molar-refractivity contribution is -1.04. The van der Waals surface area contributed by atoms with Crippen LogP contribution in [-0.2, 0) is 7.86 Å². The molecule has 117 valence electrons. The zero-order valence-corrected chi connectivity index (χ0v) is 15.2. The lowest BCUT2D eigenvalue weighted by Gasteiger charge is -2.05. The van der Waals surface area contributed by atoms with E-state index in [-0.39, 0.29) is 5.97 Å². The molecule has 2 nitrogen and oxygen atoms in total. The van der Waals surface area contributed by atoms with Crippen molar-refractivity contribution >= 4 is 5.97 Å². The molecule has 0 aliphatic carbocycles. The maximum absolute atomic E-state index is 12.2. The van der Waals surface area contributed by atoms with Gasteiger partial charge in [-0.05, 0) is 30.7 Å². The van der Waals surface area contributed by atoms with E-state index >= 15 is 0 Å². The van der Waals surface area contributed by atoms with Gasteiger partial charge in [-0.1, -0.05) is 62.6 Å². The first-order valence-electron chi connectivity index (χ1n) is 7.82. The van der Waals surface area contributed by atoms with Crippen LogP contribution in [0.1, 0.15) is 39.0 Å². The Balaban J connectivity index is 2.04. The molecule has 2 rings (SSSR count). The summed E-state index contributed by atoms with van der Waals surface area (Å²) in [4.78, 5) is 12.2. The molecule has 0 bridgehead atoms. The van der Waals surface area contributed by atoms with E-state index in [1.807, 2.05) is 36.4 Å². The fourth-order valence-electron chi connectivity index (χ4n) is 2.09. The van der Waals surface area contributed by atoms with Gasteiger partial charge in [0.2, 0.25) is 0 Å². The molecule has 0 amide bonds. The lowest BCUT2D eigenvalue weighted by Crippen LogP contribution is -3.85. The SMILES string of the molecule is CCCCCCC(=O)O[I+](c1ccccc1)c1ccccc1. The average Bonchev–Trinajstić information content (AvgIpc) is 2.58. The molecule has 0 aromatic heterocycles. The number of unbranched alkanes of at least 4 members (excludes halogenated alkanes) is 3. The number of rotatable bonds is 8. The van der Waals surface area contributed by atoms with Crippen LogP contribution in [0.2, 0.25) is 0 Å². The minimum Gasteiger partial charge on any atom is -0.247 e. The molecular weight excluding hydrogens is 387 g/mol. The fourth-order valence-corrected chi connectivity index (χ4v) is 6.17. The summed E-state index contributed by atoms with van der Waals surface area (Å²) in [7, 11) is 0. The molecule has 1 radical (unpaired) electrons. The number of halogens is 1. The summed E-state index contributed by atoms with van der Waals surface area (Å²) in [5, 5.41) is 0. The van der Waals surface area contributed by atoms with Gasteiger partial charge in [0.1, 0.15) is 0 Å². The second-order valence-electron chi connectivity index (χ2n) is 5.10. The molecular formula is C19H23IO2+. The van der Waals surface area contributed by atoms with Crippen molar-refractivity contribution in [2.45, 2.75) is 39.0 Å². The van der Waals surface area contributed by atoms with Gasteiger partial charge in [-0.3, -0.25) is 0 Å². The summed E-state index contributed by atoms with van der Waals surface area (Å²) < 4.78 is 8.25. The highest BCUT2D eigenvalue weighted by molar-refractivity contribution is 5.68. The van der Waals surface area contributed by atoms with E-state index in [2.05, 4.69) is 31.2 Å². The van der Waals surface area contributed by atoms with Gasteiger partial charge in [0.25, 0.3) is 0 Å². The largest absolute Gasteiger partial charge is 0.360 e. The van der Waals surface area contributed by atoms with E-state index in [4.69, 9.17) is 3.07 Å². The molecule has 0 unspecified atom stereocenters. The van der Waals surface area contributed by atoms with Crippen molar-refractivity contribution in [3.8, 4) is 0 Å². The highest BCUT2D eigenvalue weighted by Crippen LogP contribution is 2.02. The van der Waals surface area contributed by atoms with Crippen molar-refractivity contribution in [2.75, 3.05) is 0 Å². The highest BCUT2D eigenvalue weighted by atomic mass is 127. The van der Waals surface area contributed by atoms with Gasteiger partial charge in [-0.25, -0.2) is 7.86 Å². The third-order valence-corrected chi connectivity index (χ3v) is 7.89. The summed E-state index contributed by atoms with van der Waals surface area (Å²) in [5.74, 6) is -0.0472. The summed E-state index contributed by atoms with van der Waals surface area (Å²) in [6.45, 7) is 2.17. The maximum atomic E-state index is 12.2. The molecule has 0 N–H and O–H groups in total. The van der Waals surface area contributed by atoms with Gasteiger partial charge in [0.05, 0.1) is 6.42 Å². The molecule has 0 saturated heterocycles. The van der Waals surface area contributed by atoms with E-state index in [9.17, 15) is 4.79 Å². The van der Waals surface area contributed by atoms with Gasteiger partial charge in [0, 0.05) is 0 Å². The van der Waals surface area contributed by atoms with Gasteiger partial charge in [-0.2, -0.15) is 0 Å². The summed E-state index contributed by atoms with van der Waals surface area (Å²) in [5.41, 5.74) is 0. The van der Waals surface area contributed by atoms with Crippen LogP contribution in [-0.4, -0.2) is 5.97 Å². The summed E-state index contributed by atoms with van der Waals surface area (Å²) in [6.07, 6.45) is 4.94. The predicted molar refractivity (Wildman–Crippen MR) is 85.1 cm³/mol. The van der Waals surface area contributed by atoms with Crippen molar-refractivity contribution in [3.05, 3.63) is 67.8 Å². The second kappa shape index (κ2) is 9.62. The van der Waals surface area contributed by atoms with Crippen LogP contribution in [0.4, 0.5) is 0 Å². The number of hydrogen-bond donors (Lipinski definition) is 0. The fraction of sp³-hybridized carbons (Fsp3) is 0.316. The quantitative estimate of drug-likeness (QED) is 0.490. The monoisotopic (exact) mass is 410 g/mol. The van der Waals surface area contributed by atoms with Crippen LogP contribution in [0.3, 0.4) is 0 Å². The second-order valence-corrected chi connectivity index (χ2v) is 9.45. The molecule has 0 spiro atoms. The van der Waals surface area contributed by atoms with E-state index < -0.39 is 20.2 Å². The smallest absolute Gasteiger partial charge is 0.247 e. The molecule has 0 fully saturated rings. The highest BCUT2D eigenvalue weighted by Gasteiger charge is 2.33. The Kier molecular flexibility index (Phi) is 7.43. The minimum absolute atomic E-state index is 0.0472. The van der Waals surface area contributed by atoms with Crippen LogP contribution in [0.25, 0.3) is 0 Å². The van der Waals surface area contributed by atoms with Crippen molar-refractivity contribution in [3.63, 3.8) is 0 Å². The molecule has 2 aromatic rings. The van der Waals surface area contributed by atoms with Crippen LogP contribution in [0.5, 0.6) is 0 Å². The first-order valence-corrected chi connectivity index (χ1v) is 10.9. The standard InChI is InChI=1S/C19H23IO2/c1-2-3-4-11-16-19(21)22-20(17-12-7-5-8-13-17)18-14-9-6-10-15-18/h5-10,12-15H,2-4,11,16H2,1H3/q+1. The molecule has 22 heavy (non-hydrogen) atoms. The minimum atomic E-state index is -2.12. The maximum Gasteiger partial charge on any atom is 0.360 e. The Morgan fingerprint density at radius 2 is 1.41 bits per heavy atom. The third kappa shape index (κ3) is 5.44. The number of hydrogen-bond acceptors (Lipinski definition) is 2. The van der Waals surface area contributed by atoms with Crippen LogP contribution in [0, 0.1) is 7.14 Å². The van der Waals surface area contributed by atoms with Crippen LogP contribution in [0.15, 0.2) is 60.7 Å². The first kappa shape index (κ1) is 17.0. The Labute approximate surface area is 140 Å². The van der Waals surface area contributed by atoms with E-state index in [1.165, 1.54) is 20.0 Å². The van der Waals surface area contributed by atoms with Crippen molar-refractivity contribution in [1.82, 2.24) is 0 Å². The molecule has 2 aromatic carbocycles. The van der Waals surface area contributed by atoms with E-state index in [0.29, 0.717) is 6.42 Å². The first-order chi connectivity index (χ1) is 10.8. The Morgan fingerprint density at radius 3 is 1.91 bits per heavy atom. The van der Waals surface area contributed by atoms with Gasteiger partial charge in [0.15, 0.2) is 7.14 Å². The van der Waals surface area contributed by atoms with Crippen LogP contribution >= 0.6 is 0 Å². The zero-order chi connectivity index (χ0) is 15.6. The van der Waals surface area contributed by atoms with Gasteiger partial charge in [-0.15, -0.1) is 0 Å². The molecule has 0 aliphatic rings. The number of carbonyl (C=O) groups excluding carboxylic acids is 1. The molecule has 3 heteroatoms. The topological polar surface area (TPSA) is 26.3 Å². The van der Waals surface area contributed by atoms with Gasteiger partial charge < -0.3 is 0 Å². The molecule has 0 aliphatic heterocycles. The average molecular weight is 410 g/mol. The zero-order valence-electron chi connectivity index (χ0n) is 13.0.